The van der Waals surface area contributed by atoms with Gasteiger partial charge in [0.25, 0.3) is 0 Å². The fourth-order valence-electron chi connectivity index (χ4n) is 3.99. The highest BCUT2D eigenvalue weighted by Crippen LogP contribution is 2.45. The van der Waals surface area contributed by atoms with Gasteiger partial charge in [-0.15, -0.1) is 4.99 Å². The highest BCUT2D eigenvalue weighted by molar-refractivity contribution is 7.90. The van der Waals surface area contributed by atoms with Crippen LogP contribution in [0.2, 0.25) is 0 Å². The molecule has 1 amide bonds. The van der Waals surface area contributed by atoms with Crippen LogP contribution in [0.15, 0.2) is 54.0 Å². The lowest BCUT2D eigenvalue weighted by atomic mass is 9.84. The van der Waals surface area contributed by atoms with Crippen LogP contribution in [0.25, 0.3) is 5.57 Å². The summed E-state index contributed by atoms with van der Waals surface area (Å²) in [5.74, 6) is -2.10. The lowest BCUT2D eigenvalue weighted by molar-refractivity contribution is 0.0601. The summed E-state index contributed by atoms with van der Waals surface area (Å²) in [4.78, 5) is 16.2. The average Bonchev–Trinajstić information content (AvgIpc) is 2.70. The van der Waals surface area contributed by atoms with Gasteiger partial charge in [0.2, 0.25) is 16.0 Å². The van der Waals surface area contributed by atoms with Gasteiger partial charge in [0, 0.05) is 18.7 Å². The third kappa shape index (κ3) is 5.22. The molecule has 1 heterocycles. The molecule has 188 valence electrons. The molecule has 1 N–H and O–H groups in total. The van der Waals surface area contributed by atoms with Crippen LogP contribution in [0.4, 0.5) is 13.6 Å². The van der Waals surface area contributed by atoms with E-state index in [2.05, 4.69) is 16.9 Å². The number of sulfonamides is 1. The van der Waals surface area contributed by atoms with Crippen LogP contribution in [-0.2, 0) is 20.3 Å². The second-order valence-corrected chi connectivity index (χ2v) is 11.7. The first-order valence-electron chi connectivity index (χ1n) is 10.9. The van der Waals surface area contributed by atoms with Crippen LogP contribution in [0.1, 0.15) is 56.6 Å². The van der Waals surface area contributed by atoms with E-state index in [0.29, 0.717) is 11.6 Å². The number of halogens is 2. The monoisotopic (exact) mass is 505 g/mol. The SMILES string of the molecule is C=C(C)c1ccc(C2[C@@](C)(c3ccc(F)cc3F)N/C(=N\C(=O)OC(C)(C)C)N(C)S2(=O)=O)cc1. The number of rotatable bonds is 3. The molecule has 0 saturated carbocycles. The van der Waals surface area contributed by atoms with Gasteiger partial charge >= 0.3 is 6.09 Å². The maximum absolute atomic E-state index is 15.1. The number of benzene rings is 2. The van der Waals surface area contributed by atoms with Crippen LogP contribution < -0.4 is 5.32 Å². The van der Waals surface area contributed by atoms with Crippen molar-refractivity contribution >= 4 is 27.6 Å². The molecule has 1 aliphatic rings. The maximum Gasteiger partial charge on any atom is 0.437 e. The summed E-state index contributed by atoms with van der Waals surface area (Å²) in [6, 6.07) is 9.59. The van der Waals surface area contributed by atoms with Gasteiger partial charge < -0.3 is 10.1 Å². The molecule has 35 heavy (non-hydrogen) atoms. The number of carbonyl (C=O) groups is 1. The van der Waals surface area contributed by atoms with Crippen molar-refractivity contribution in [3.05, 3.63) is 77.4 Å². The molecule has 0 aromatic heterocycles. The van der Waals surface area contributed by atoms with Crippen molar-refractivity contribution in [3.63, 3.8) is 0 Å². The lowest BCUT2D eigenvalue weighted by Gasteiger charge is -2.46. The van der Waals surface area contributed by atoms with Crippen molar-refractivity contribution in [3.8, 4) is 0 Å². The first-order valence-corrected chi connectivity index (χ1v) is 12.4. The molecule has 2 aromatic rings. The molecule has 2 aromatic carbocycles. The number of allylic oxidation sites excluding steroid dienone is 1. The van der Waals surface area contributed by atoms with E-state index in [-0.39, 0.29) is 11.5 Å². The van der Waals surface area contributed by atoms with E-state index in [4.69, 9.17) is 4.74 Å². The molecular formula is C25H29F2N3O4S. The zero-order valence-electron chi connectivity index (χ0n) is 20.5. The Balaban J connectivity index is 2.23. The zero-order valence-corrected chi connectivity index (χ0v) is 21.3. The Labute approximate surface area is 204 Å². The Kier molecular flexibility index (Phi) is 6.82. The summed E-state index contributed by atoms with van der Waals surface area (Å²) >= 11 is 0. The van der Waals surface area contributed by atoms with E-state index in [1.165, 1.54) is 20.0 Å². The minimum Gasteiger partial charge on any atom is -0.442 e. The molecular weight excluding hydrogens is 476 g/mol. The number of ether oxygens (including phenoxy) is 1. The molecule has 1 aliphatic heterocycles. The Morgan fingerprint density at radius 3 is 2.29 bits per heavy atom. The molecule has 0 bridgehead atoms. The number of hydrogen-bond donors (Lipinski definition) is 1. The summed E-state index contributed by atoms with van der Waals surface area (Å²) in [6.45, 7) is 12.1. The number of carbonyl (C=O) groups excluding carboxylic acids is 1. The lowest BCUT2D eigenvalue weighted by Crippen LogP contribution is -2.63. The van der Waals surface area contributed by atoms with E-state index in [1.807, 2.05) is 6.92 Å². The van der Waals surface area contributed by atoms with Gasteiger partial charge in [-0.05, 0) is 51.8 Å². The Morgan fingerprint density at radius 2 is 1.77 bits per heavy atom. The second-order valence-electron chi connectivity index (χ2n) is 9.66. The Hall–Kier alpha value is -3.27. The molecule has 0 spiro atoms. The second kappa shape index (κ2) is 9.07. The predicted molar refractivity (Wildman–Crippen MR) is 131 cm³/mol. The standard InChI is InChI=1S/C25H29F2N3O4S/c1-15(2)16-8-10-17(11-9-16)21-25(6,19-13-12-18(26)14-20(19)27)29-22(30(7)35(21,32)33)28-23(31)34-24(3,4)5/h8-14,21H,1H2,2-7H3,(H,28,29,31)/t21?,25-/m1/s1. The summed E-state index contributed by atoms with van der Waals surface area (Å²) < 4.78 is 62.4. The number of aliphatic imine (C=N–C) groups is 1. The summed E-state index contributed by atoms with van der Waals surface area (Å²) in [5, 5.41) is 1.58. The van der Waals surface area contributed by atoms with Crippen LogP contribution in [0.5, 0.6) is 0 Å². The van der Waals surface area contributed by atoms with Crippen molar-refractivity contribution in [1.82, 2.24) is 9.62 Å². The minimum absolute atomic E-state index is 0.110. The zero-order chi connectivity index (χ0) is 26.3. The fraction of sp³-hybridized carbons (Fsp3) is 0.360. The van der Waals surface area contributed by atoms with Crippen molar-refractivity contribution in [2.24, 2.45) is 4.99 Å². The van der Waals surface area contributed by atoms with Crippen LogP contribution >= 0.6 is 0 Å². The van der Waals surface area contributed by atoms with Crippen molar-refractivity contribution < 1.29 is 26.7 Å². The number of guanidine groups is 1. The molecule has 1 saturated heterocycles. The first kappa shape index (κ1) is 26.3. The van der Waals surface area contributed by atoms with Gasteiger partial charge in [-0.3, -0.25) is 0 Å². The van der Waals surface area contributed by atoms with E-state index >= 15 is 4.39 Å². The van der Waals surface area contributed by atoms with Crippen molar-refractivity contribution in [2.75, 3.05) is 7.05 Å². The van der Waals surface area contributed by atoms with Gasteiger partial charge in [-0.25, -0.2) is 26.3 Å². The summed E-state index contributed by atoms with van der Waals surface area (Å²) in [7, 11) is -3.02. The molecule has 0 radical (unpaired) electrons. The fourth-order valence-corrected chi connectivity index (χ4v) is 5.92. The maximum atomic E-state index is 15.1. The normalized spacial score (nSPS) is 23.0. The Bertz CT molecular complexity index is 1300. The third-order valence-electron chi connectivity index (χ3n) is 5.66. The summed E-state index contributed by atoms with van der Waals surface area (Å²) in [6.07, 6.45) is -1.02. The van der Waals surface area contributed by atoms with Crippen LogP contribution in [0.3, 0.4) is 0 Å². The van der Waals surface area contributed by atoms with Gasteiger partial charge in [0.15, 0.2) is 0 Å². The number of amides is 1. The Morgan fingerprint density at radius 1 is 1.17 bits per heavy atom. The van der Waals surface area contributed by atoms with Gasteiger partial charge in [-0.2, -0.15) is 0 Å². The highest BCUT2D eigenvalue weighted by atomic mass is 32.2. The number of hydrogen-bond acceptors (Lipinski definition) is 4. The number of nitrogens with zero attached hydrogens (tertiary/aromatic N) is 2. The predicted octanol–water partition coefficient (Wildman–Crippen LogP) is 5.11. The van der Waals surface area contributed by atoms with E-state index in [9.17, 15) is 17.6 Å². The summed E-state index contributed by atoms with van der Waals surface area (Å²) in [5.41, 5.74) is -0.692. The number of nitrogens with one attached hydrogen (secondary N) is 1. The van der Waals surface area contributed by atoms with Crippen molar-refractivity contribution in [1.29, 1.82) is 0 Å². The molecule has 3 rings (SSSR count). The molecule has 7 nitrogen and oxygen atoms in total. The van der Waals surface area contributed by atoms with Gasteiger partial charge in [-0.1, -0.05) is 42.5 Å². The highest BCUT2D eigenvalue weighted by Gasteiger charge is 2.54. The minimum atomic E-state index is -4.26. The first-order chi connectivity index (χ1) is 16.1. The largest absolute Gasteiger partial charge is 0.442 e. The molecule has 1 unspecified atom stereocenters. The smallest absolute Gasteiger partial charge is 0.437 e. The average molecular weight is 506 g/mol. The van der Waals surface area contributed by atoms with Crippen LogP contribution in [-0.4, -0.2) is 37.4 Å². The molecule has 0 aliphatic carbocycles. The quantitative estimate of drug-likeness (QED) is 0.626. The van der Waals surface area contributed by atoms with Gasteiger partial charge in [0.1, 0.15) is 22.5 Å². The third-order valence-corrected chi connectivity index (χ3v) is 7.94. The molecule has 2 atom stereocenters. The van der Waals surface area contributed by atoms with Crippen molar-refractivity contribution in [2.45, 2.75) is 51.0 Å². The van der Waals surface area contributed by atoms with Gasteiger partial charge in [0.05, 0.1) is 5.54 Å². The van der Waals surface area contributed by atoms with E-state index < -0.39 is 44.1 Å². The molecule has 10 heteroatoms. The molecule has 1 fully saturated rings. The topological polar surface area (TPSA) is 88.1 Å². The van der Waals surface area contributed by atoms with Crippen LogP contribution in [0, 0.1) is 11.6 Å². The van der Waals surface area contributed by atoms with E-state index in [1.54, 1.807) is 45.0 Å². The van der Waals surface area contributed by atoms with E-state index in [0.717, 1.165) is 21.5 Å².